The maximum absolute atomic E-state index is 12.4. The van der Waals surface area contributed by atoms with Crippen molar-refractivity contribution in [3.63, 3.8) is 0 Å². The lowest BCUT2D eigenvalue weighted by molar-refractivity contribution is -0.150. The fraction of sp³-hybridized carbons (Fsp3) is 0.579. The van der Waals surface area contributed by atoms with Crippen molar-refractivity contribution in [2.24, 2.45) is 11.8 Å². The van der Waals surface area contributed by atoms with Gasteiger partial charge < -0.3 is 10.4 Å². The van der Waals surface area contributed by atoms with Crippen LogP contribution in [0.4, 0.5) is 0 Å². The van der Waals surface area contributed by atoms with Gasteiger partial charge in [0.25, 0.3) is 0 Å². The molecule has 1 saturated carbocycles. The Kier molecular flexibility index (Phi) is 5.12. The molecular formula is C19H27NO3. The second kappa shape index (κ2) is 6.73. The molecule has 1 fully saturated rings. The van der Waals surface area contributed by atoms with E-state index in [9.17, 15) is 14.7 Å². The van der Waals surface area contributed by atoms with E-state index in [1.54, 1.807) is 0 Å². The Labute approximate surface area is 138 Å². The number of carboxylic acids is 1. The number of rotatable bonds is 4. The second-order valence-electron chi connectivity index (χ2n) is 7.24. The van der Waals surface area contributed by atoms with Crippen molar-refractivity contribution >= 4 is 11.9 Å². The predicted molar refractivity (Wildman–Crippen MR) is 90.3 cm³/mol. The summed E-state index contributed by atoms with van der Waals surface area (Å²) in [5.74, 6) is -0.327. The number of nitrogens with one attached hydrogen (secondary N) is 1. The molecule has 3 unspecified atom stereocenters. The first-order valence-electron chi connectivity index (χ1n) is 8.34. The van der Waals surface area contributed by atoms with Crippen LogP contribution in [0.3, 0.4) is 0 Å². The summed E-state index contributed by atoms with van der Waals surface area (Å²) in [6.45, 7) is 8.21. The zero-order valence-electron chi connectivity index (χ0n) is 14.5. The third-order valence-electron chi connectivity index (χ3n) is 5.31. The summed E-state index contributed by atoms with van der Waals surface area (Å²) in [5.41, 5.74) is 2.06. The SMILES string of the molecule is Cc1ccc(CC(=O)NC2(C(=O)O)CCC(C)C(C)C2)c(C)c1. The lowest BCUT2D eigenvalue weighted by atomic mass is 9.71. The van der Waals surface area contributed by atoms with E-state index in [-0.39, 0.29) is 12.3 Å². The summed E-state index contributed by atoms with van der Waals surface area (Å²) in [6, 6.07) is 5.97. The molecule has 1 aliphatic carbocycles. The number of carbonyl (C=O) groups is 2. The molecule has 1 aromatic carbocycles. The highest BCUT2D eigenvalue weighted by molar-refractivity contribution is 5.88. The van der Waals surface area contributed by atoms with Gasteiger partial charge in [0, 0.05) is 0 Å². The standard InChI is InChI=1S/C19H27NO3/c1-12-5-6-16(14(3)9-12)10-17(21)20-19(18(22)23)8-7-13(2)15(4)11-19/h5-6,9,13,15H,7-8,10-11H2,1-4H3,(H,20,21)(H,22,23). The van der Waals surface area contributed by atoms with Crippen molar-refractivity contribution in [3.05, 3.63) is 34.9 Å². The Morgan fingerprint density at radius 1 is 1.26 bits per heavy atom. The van der Waals surface area contributed by atoms with E-state index < -0.39 is 11.5 Å². The van der Waals surface area contributed by atoms with Crippen molar-refractivity contribution in [1.82, 2.24) is 5.32 Å². The number of amides is 1. The first kappa shape index (κ1) is 17.5. The maximum Gasteiger partial charge on any atom is 0.329 e. The number of hydrogen-bond acceptors (Lipinski definition) is 2. The van der Waals surface area contributed by atoms with Gasteiger partial charge in [0.1, 0.15) is 5.54 Å². The number of aliphatic carboxylic acids is 1. The molecule has 4 heteroatoms. The summed E-state index contributed by atoms with van der Waals surface area (Å²) in [5, 5.41) is 12.5. The van der Waals surface area contributed by atoms with Crippen molar-refractivity contribution in [1.29, 1.82) is 0 Å². The number of hydrogen-bond donors (Lipinski definition) is 2. The third kappa shape index (κ3) is 3.92. The number of carboxylic acid groups (broad SMARTS) is 1. The van der Waals surface area contributed by atoms with Crippen molar-refractivity contribution < 1.29 is 14.7 Å². The molecule has 1 amide bonds. The molecule has 0 aliphatic heterocycles. The minimum Gasteiger partial charge on any atom is -0.480 e. The molecule has 23 heavy (non-hydrogen) atoms. The predicted octanol–water partition coefficient (Wildman–Crippen LogP) is 3.24. The van der Waals surface area contributed by atoms with Crippen LogP contribution in [0.2, 0.25) is 0 Å². The van der Waals surface area contributed by atoms with E-state index in [1.807, 2.05) is 32.0 Å². The normalized spacial score (nSPS) is 27.5. The van der Waals surface area contributed by atoms with E-state index in [2.05, 4.69) is 19.2 Å². The fourth-order valence-corrected chi connectivity index (χ4v) is 3.50. The van der Waals surface area contributed by atoms with Gasteiger partial charge in [-0.3, -0.25) is 4.79 Å². The van der Waals surface area contributed by atoms with E-state index in [0.29, 0.717) is 24.7 Å². The molecular weight excluding hydrogens is 290 g/mol. The topological polar surface area (TPSA) is 66.4 Å². The zero-order valence-corrected chi connectivity index (χ0v) is 14.5. The molecule has 1 aliphatic rings. The Morgan fingerprint density at radius 3 is 2.52 bits per heavy atom. The number of carbonyl (C=O) groups excluding carboxylic acids is 1. The highest BCUT2D eigenvalue weighted by Gasteiger charge is 2.45. The zero-order chi connectivity index (χ0) is 17.2. The number of aryl methyl sites for hydroxylation is 2. The largest absolute Gasteiger partial charge is 0.480 e. The summed E-state index contributed by atoms with van der Waals surface area (Å²) in [7, 11) is 0. The number of benzene rings is 1. The molecule has 0 saturated heterocycles. The average molecular weight is 317 g/mol. The molecule has 4 nitrogen and oxygen atoms in total. The van der Waals surface area contributed by atoms with Gasteiger partial charge in [-0.05, 0) is 56.1 Å². The minimum absolute atomic E-state index is 0.207. The minimum atomic E-state index is -1.11. The lowest BCUT2D eigenvalue weighted by Crippen LogP contribution is -2.58. The van der Waals surface area contributed by atoms with Gasteiger partial charge in [-0.1, -0.05) is 37.6 Å². The summed E-state index contributed by atoms with van der Waals surface area (Å²) < 4.78 is 0. The van der Waals surface area contributed by atoms with Gasteiger partial charge >= 0.3 is 5.97 Å². The molecule has 126 valence electrons. The lowest BCUT2D eigenvalue weighted by Gasteiger charge is -2.40. The maximum atomic E-state index is 12.4. The molecule has 2 N–H and O–H groups in total. The molecule has 2 rings (SSSR count). The van der Waals surface area contributed by atoms with Crippen LogP contribution in [0, 0.1) is 25.7 Å². The van der Waals surface area contributed by atoms with Crippen molar-refractivity contribution in [3.8, 4) is 0 Å². The van der Waals surface area contributed by atoms with Gasteiger partial charge in [-0.15, -0.1) is 0 Å². The average Bonchev–Trinajstić information content (AvgIpc) is 2.46. The van der Waals surface area contributed by atoms with Gasteiger partial charge in [0.15, 0.2) is 0 Å². The highest BCUT2D eigenvalue weighted by atomic mass is 16.4. The van der Waals surface area contributed by atoms with Crippen LogP contribution in [0.25, 0.3) is 0 Å². The van der Waals surface area contributed by atoms with Crippen LogP contribution in [0.1, 0.15) is 49.8 Å². The summed E-state index contributed by atoms with van der Waals surface area (Å²) in [4.78, 5) is 24.3. The van der Waals surface area contributed by atoms with E-state index in [1.165, 1.54) is 0 Å². The van der Waals surface area contributed by atoms with Crippen LogP contribution in [0.5, 0.6) is 0 Å². The molecule has 0 bridgehead atoms. The molecule has 0 radical (unpaired) electrons. The third-order valence-corrected chi connectivity index (χ3v) is 5.31. The summed E-state index contributed by atoms with van der Waals surface area (Å²) >= 11 is 0. The molecule has 1 aromatic rings. The Hall–Kier alpha value is -1.84. The van der Waals surface area contributed by atoms with Crippen LogP contribution < -0.4 is 5.32 Å². The Bertz CT molecular complexity index is 611. The fourth-order valence-electron chi connectivity index (χ4n) is 3.50. The van der Waals surface area contributed by atoms with Gasteiger partial charge in [-0.2, -0.15) is 0 Å². The van der Waals surface area contributed by atoms with E-state index >= 15 is 0 Å². The smallest absolute Gasteiger partial charge is 0.329 e. The van der Waals surface area contributed by atoms with Gasteiger partial charge in [0.05, 0.1) is 6.42 Å². The molecule has 0 spiro atoms. The van der Waals surface area contributed by atoms with E-state index in [4.69, 9.17) is 0 Å². The first-order chi connectivity index (χ1) is 10.7. The van der Waals surface area contributed by atoms with Crippen LogP contribution >= 0.6 is 0 Å². The van der Waals surface area contributed by atoms with Crippen molar-refractivity contribution in [2.75, 3.05) is 0 Å². The highest BCUT2D eigenvalue weighted by Crippen LogP contribution is 2.36. The van der Waals surface area contributed by atoms with Gasteiger partial charge in [-0.25, -0.2) is 4.79 Å². The molecule has 0 heterocycles. The van der Waals surface area contributed by atoms with Crippen LogP contribution in [-0.2, 0) is 16.0 Å². The van der Waals surface area contributed by atoms with Gasteiger partial charge in [0.2, 0.25) is 5.91 Å². The second-order valence-corrected chi connectivity index (χ2v) is 7.24. The van der Waals surface area contributed by atoms with Crippen LogP contribution in [0.15, 0.2) is 18.2 Å². The quantitative estimate of drug-likeness (QED) is 0.896. The van der Waals surface area contributed by atoms with Crippen LogP contribution in [-0.4, -0.2) is 22.5 Å². The Morgan fingerprint density at radius 2 is 1.96 bits per heavy atom. The van der Waals surface area contributed by atoms with E-state index in [0.717, 1.165) is 23.1 Å². The summed E-state index contributed by atoms with van der Waals surface area (Å²) in [6.07, 6.45) is 2.07. The monoisotopic (exact) mass is 317 g/mol. The van der Waals surface area contributed by atoms with Crippen molar-refractivity contribution in [2.45, 2.75) is 58.9 Å². The Balaban J connectivity index is 2.11. The molecule has 0 aromatic heterocycles. The molecule has 3 atom stereocenters. The first-order valence-corrected chi connectivity index (χ1v) is 8.34.